The highest BCUT2D eigenvalue weighted by molar-refractivity contribution is 8.04. The molecular formula is C21H18FN3OS. The van der Waals surface area contributed by atoms with Crippen LogP contribution in [0.25, 0.3) is 17.0 Å². The molecule has 2 atom stereocenters. The summed E-state index contributed by atoms with van der Waals surface area (Å²) < 4.78 is 13.4. The molecule has 2 N–H and O–H groups in total. The van der Waals surface area contributed by atoms with Crippen LogP contribution in [0, 0.1) is 5.82 Å². The summed E-state index contributed by atoms with van der Waals surface area (Å²) in [5, 5.41) is 14.0. The number of hydrogen-bond acceptors (Lipinski definition) is 5. The van der Waals surface area contributed by atoms with Crippen LogP contribution in [0.4, 0.5) is 4.39 Å². The second kappa shape index (κ2) is 8.00. The van der Waals surface area contributed by atoms with Gasteiger partial charge in [0.15, 0.2) is 5.50 Å². The number of nitrogens with zero attached hydrogens (tertiary/aromatic N) is 2. The third-order valence-corrected chi connectivity index (χ3v) is 5.27. The minimum absolute atomic E-state index is 0.132. The van der Waals surface area contributed by atoms with Crippen LogP contribution in [0.5, 0.6) is 0 Å². The fraction of sp³-hybridized carbons (Fsp3) is 0.143. The highest BCUT2D eigenvalue weighted by Crippen LogP contribution is 2.30. The number of aromatic nitrogens is 1. The molecule has 2 heterocycles. The molecule has 1 aromatic heterocycles. The second-order valence-electron chi connectivity index (χ2n) is 6.21. The second-order valence-corrected chi connectivity index (χ2v) is 7.36. The van der Waals surface area contributed by atoms with Gasteiger partial charge in [0, 0.05) is 22.7 Å². The van der Waals surface area contributed by atoms with Crippen LogP contribution >= 0.6 is 11.8 Å². The lowest BCUT2D eigenvalue weighted by molar-refractivity contribution is 0.243. The van der Waals surface area contributed by atoms with Crippen LogP contribution in [0.3, 0.4) is 0 Å². The molecule has 6 heteroatoms. The zero-order valence-electron chi connectivity index (χ0n) is 14.4. The van der Waals surface area contributed by atoms with Gasteiger partial charge in [0.05, 0.1) is 18.2 Å². The van der Waals surface area contributed by atoms with E-state index in [-0.39, 0.29) is 24.0 Å². The van der Waals surface area contributed by atoms with Crippen molar-refractivity contribution in [2.45, 2.75) is 11.5 Å². The van der Waals surface area contributed by atoms with E-state index in [1.165, 1.54) is 12.1 Å². The molecule has 0 aliphatic carbocycles. The first-order chi connectivity index (χ1) is 13.2. The lowest BCUT2D eigenvalue weighted by Crippen LogP contribution is -2.30. The Morgan fingerprint density at radius 2 is 2.11 bits per heavy atom. The van der Waals surface area contributed by atoms with Crippen LogP contribution < -0.4 is 5.32 Å². The number of aliphatic hydroxyl groups is 1. The quantitative estimate of drug-likeness (QED) is 0.700. The van der Waals surface area contributed by atoms with E-state index in [2.05, 4.69) is 27.4 Å². The largest absolute Gasteiger partial charge is 0.394 e. The van der Waals surface area contributed by atoms with Crippen molar-refractivity contribution in [2.75, 3.05) is 6.61 Å². The predicted molar refractivity (Wildman–Crippen MR) is 109 cm³/mol. The van der Waals surface area contributed by atoms with Crippen LogP contribution in [0.1, 0.15) is 17.2 Å². The average Bonchev–Trinajstić information content (AvgIpc) is 3.13. The molecule has 0 fully saturated rings. The molecule has 1 aliphatic rings. The van der Waals surface area contributed by atoms with E-state index < -0.39 is 0 Å². The Labute approximate surface area is 160 Å². The maximum absolute atomic E-state index is 13.4. The number of pyridine rings is 1. The minimum atomic E-state index is -0.374. The fourth-order valence-electron chi connectivity index (χ4n) is 2.98. The molecule has 27 heavy (non-hydrogen) atoms. The zero-order chi connectivity index (χ0) is 18.6. The first-order valence-corrected chi connectivity index (χ1v) is 9.48. The maximum atomic E-state index is 13.4. The smallest absolute Gasteiger partial charge is 0.151 e. The van der Waals surface area contributed by atoms with Gasteiger partial charge < -0.3 is 5.11 Å². The van der Waals surface area contributed by atoms with Crippen molar-refractivity contribution in [2.24, 2.45) is 4.99 Å². The molecule has 0 amide bonds. The number of aliphatic imine (C=N–C) groups is 1. The van der Waals surface area contributed by atoms with Crippen LogP contribution in [-0.4, -0.2) is 28.4 Å². The third kappa shape index (κ3) is 4.24. The number of thioether (sulfide) groups is 1. The number of benzene rings is 2. The SMILES string of the molecule is OCC(NC1N=C/C(=C/c2ccc3ncccc3c2)S1)c1cccc(F)c1. The topological polar surface area (TPSA) is 57.5 Å². The highest BCUT2D eigenvalue weighted by Gasteiger charge is 2.20. The molecule has 3 aromatic rings. The summed E-state index contributed by atoms with van der Waals surface area (Å²) in [4.78, 5) is 9.80. The van der Waals surface area contributed by atoms with Gasteiger partial charge in [-0.3, -0.25) is 15.3 Å². The Bertz CT molecular complexity index is 1020. The number of halogens is 1. The van der Waals surface area contributed by atoms with Crippen molar-refractivity contribution in [1.29, 1.82) is 0 Å². The Hall–Kier alpha value is -2.54. The van der Waals surface area contributed by atoms with Gasteiger partial charge in [0.2, 0.25) is 0 Å². The number of fused-ring (bicyclic) bond motifs is 1. The van der Waals surface area contributed by atoms with Crippen molar-refractivity contribution in [3.05, 3.63) is 82.6 Å². The van der Waals surface area contributed by atoms with Gasteiger partial charge in [0.1, 0.15) is 5.82 Å². The zero-order valence-corrected chi connectivity index (χ0v) is 15.2. The monoisotopic (exact) mass is 379 g/mol. The van der Waals surface area contributed by atoms with Gasteiger partial charge in [-0.15, -0.1) is 0 Å². The van der Waals surface area contributed by atoms with Crippen LogP contribution in [0.2, 0.25) is 0 Å². The summed E-state index contributed by atoms with van der Waals surface area (Å²) in [7, 11) is 0. The molecule has 136 valence electrons. The summed E-state index contributed by atoms with van der Waals surface area (Å²) in [6, 6.07) is 16.0. The molecule has 0 saturated carbocycles. The highest BCUT2D eigenvalue weighted by atomic mass is 32.2. The van der Waals surface area contributed by atoms with Gasteiger partial charge in [-0.2, -0.15) is 0 Å². The molecule has 1 aliphatic heterocycles. The van der Waals surface area contributed by atoms with E-state index >= 15 is 0 Å². The molecule has 2 aromatic carbocycles. The normalized spacial score (nSPS) is 19.0. The van der Waals surface area contributed by atoms with E-state index in [4.69, 9.17) is 0 Å². The summed E-state index contributed by atoms with van der Waals surface area (Å²) in [6.07, 6.45) is 5.67. The van der Waals surface area contributed by atoms with Crippen molar-refractivity contribution >= 4 is 35.0 Å². The molecule has 4 nitrogen and oxygen atoms in total. The number of allylic oxidation sites excluding steroid dienone is 1. The Balaban J connectivity index is 1.46. The fourth-order valence-corrected chi connectivity index (χ4v) is 3.91. The Morgan fingerprint density at radius 3 is 2.96 bits per heavy atom. The minimum Gasteiger partial charge on any atom is -0.394 e. The molecule has 0 spiro atoms. The molecule has 0 radical (unpaired) electrons. The Kier molecular flexibility index (Phi) is 5.29. The molecule has 2 unspecified atom stereocenters. The Morgan fingerprint density at radius 1 is 1.19 bits per heavy atom. The average molecular weight is 379 g/mol. The van der Waals surface area contributed by atoms with Crippen LogP contribution in [-0.2, 0) is 0 Å². The van der Waals surface area contributed by atoms with Gasteiger partial charge in [0.25, 0.3) is 0 Å². The first-order valence-electron chi connectivity index (χ1n) is 8.60. The first kappa shape index (κ1) is 17.9. The summed E-state index contributed by atoms with van der Waals surface area (Å²) in [5.41, 5.74) is 2.52. The van der Waals surface area contributed by atoms with Crippen molar-refractivity contribution in [1.82, 2.24) is 10.3 Å². The van der Waals surface area contributed by atoms with Gasteiger partial charge in [-0.05, 0) is 47.5 Å². The lowest BCUT2D eigenvalue weighted by atomic mass is 10.1. The van der Waals surface area contributed by atoms with Gasteiger partial charge >= 0.3 is 0 Å². The van der Waals surface area contributed by atoms with E-state index in [1.807, 2.05) is 30.5 Å². The number of aliphatic hydroxyl groups excluding tert-OH is 1. The van der Waals surface area contributed by atoms with Crippen LogP contribution in [0.15, 0.2) is 70.7 Å². The molecule has 4 rings (SSSR count). The van der Waals surface area contributed by atoms with E-state index in [1.54, 1.807) is 30.1 Å². The van der Waals surface area contributed by atoms with Crippen molar-refractivity contribution in [3.8, 4) is 0 Å². The van der Waals surface area contributed by atoms with Crippen molar-refractivity contribution in [3.63, 3.8) is 0 Å². The van der Waals surface area contributed by atoms with Gasteiger partial charge in [-0.1, -0.05) is 36.0 Å². The van der Waals surface area contributed by atoms with E-state index in [0.717, 1.165) is 21.4 Å². The number of nitrogens with one attached hydrogen (secondary N) is 1. The van der Waals surface area contributed by atoms with E-state index in [0.29, 0.717) is 5.56 Å². The van der Waals surface area contributed by atoms with E-state index in [9.17, 15) is 9.50 Å². The molecule has 0 saturated heterocycles. The number of rotatable bonds is 5. The molecule has 0 bridgehead atoms. The molecular weight excluding hydrogens is 361 g/mol. The summed E-state index contributed by atoms with van der Waals surface area (Å²) in [6.45, 7) is -0.132. The maximum Gasteiger partial charge on any atom is 0.151 e. The summed E-state index contributed by atoms with van der Waals surface area (Å²) >= 11 is 1.56. The van der Waals surface area contributed by atoms with Crippen molar-refractivity contribution < 1.29 is 9.50 Å². The summed E-state index contributed by atoms with van der Waals surface area (Å²) in [5.74, 6) is -0.318. The standard InChI is InChI=1S/C21H18FN3OS/c22-17-5-1-3-16(11-17)20(13-26)25-21-24-12-18(27-21)10-14-6-7-19-15(9-14)4-2-8-23-19/h1-12,20-21,25-26H,13H2/b18-10-. The predicted octanol–water partition coefficient (Wildman–Crippen LogP) is 4.14. The third-order valence-electron chi connectivity index (χ3n) is 4.30. The van der Waals surface area contributed by atoms with Gasteiger partial charge in [-0.25, -0.2) is 4.39 Å². The lowest BCUT2D eigenvalue weighted by Gasteiger charge is -2.19. The number of hydrogen-bond donors (Lipinski definition) is 2.